The van der Waals surface area contributed by atoms with E-state index in [1.807, 2.05) is 54.2 Å². The molecule has 1 amide bonds. The molecule has 0 radical (unpaired) electrons. The van der Waals surface area contributed by atoms with Crippen LogP contribution in [0.4, 0.5) is 0 Å². The van der Waals surface area contributed by atoms with Crippen molar-refractivity contribution in [1.29, 1.82) is 0 Å². The van der Waals surface area contributed by atoms with Crippen LogP contribution in [0.2, 0.25) is 0 Å². The number of furan rings is 1. The number of amides is 1. The van der Waals surface area contributed by atoms with Gasteiger partial charge in [-0.15, -0.1) is 0 Å². The minimum Gasteiger partial charge on any atom is -0.451 e. The normalized spacial score (nSPS) is 12.5. The Kier molecular flexibility index (Phi) is 3.98. The number of aliphatic hydroxyl groups is 1. The molecule has 0 saturated heterocycles. The Balaban J connectivity index is 1.57. The molecule has 0 aliphatic heterocycles. The third kappa shape index (κ3) is 2.89. The molecule has 2 aromatic heterocycles. The van der Waals surface area contributed by atoms with Crippen LogP contribution < -0.4 is 5.32 Å². The number of para-hydroxylation sites is 1. The van der Waals surface area contributed by atoms with Crippen molar-refractivity contribution in [3.63, 3.8) is 0 Å². The molecule has 5 heteroatoms. The lowest BCUT2D eigenvalue weighted by molar-refractivity contribution is 0.0916. The zero-order valence-corrected chi connectivity index (χ0v) is 12.3. The molecular weight excluding hydrogens is 280 g/mol. The molecule has 2 heterocycles. The number of rotatable bonds is 5. The number of hydrogen-bond acceptors (Lipinski definition) is 3. The lowest BCUT2D eigenvalue weighted by atomic mass is 10.2. The van der Waals surface area contributed by atoms with Crippen molar-refractivity contribution in [2.75, 3.05) is 6.54 Å². The molecule has 1 atom stereocenters. The fourth-order valence-corrected chi connectivity index (χ4v) is 2.47. The highest BCUT2D eigenvalue weighted by molar-refractivity contribution is 5.96. The van der Waals surface area contributed by atoms with Crippen molar-refractivity contribution in [2.24, 2.45) is 7.05 Å². The molecule has 114 valence electrons. The number of hydrogen-bond donors (Lipinski definition) is 2. The van der Waals surface area contributed by atoms with Crippen LogP contribution in [-0.2, 0) is 7.05 Å². The Hall–Kier alpha value is -2.53. The maximum absolute atomic E-state index is 12.1. The summed E-state index contributed by atoms with van der Waals surface area (Å²) in [6.45, 7) is 0.377. The van der Waals surface area contributed by atoms with Gasteiger partial charge in [0.1, 0.15) is 5.58 Å². The number of carbonyl (C=O) groups is 1. The molecule has 0 bridgehead atoms. The van der Waals surface area contributed by atoms with E-state index in [4.69, 9.17) is 4.42 Å². The van der Waals surface area contributed by atoms with Gasteiger partial charge in [-0.05, 0) is 30.7 Å². The van der Waals surface area contributed by atoms with Crippen LogP contribution in [0.5, 0.6) is 0 Å². The van der Waals surface area contributed by atoms with Gasteiger partial charge in [0.15, 0.2) is 5.76 Å². The number of aliphatic hydroxyl groups excluding tert-OH is 1. The molecule has 2 N–H and O–H groups in total. The number of benzene rings is 1. The van der Waals surface area contributed by atoms with Crippen molar-refractivity contribution in [3.05, 3.63) is 60.1 Å². The maximum atomic E-state index is 12.1. The standard InChI is InChI=1S/C17H18N2O3/c1-19-10-4-6-13(19)14(20)8-9-18-17(21)16-11-12-5-2-3-7-15(12)22-16/h2-7,10-11,14,20H,8-9H2,1H3,(H,18,21)/t14-/m0/s1. The SMILES string of the molecule is Cn1cccc1[C@@H](O)CCNC(=O)c1cc2ccccc2o1. The van der Waals surface area contributed by atoms with Crippen LogP contribution >= 0.6 is 0 Å². The van der Waals surface area contributed by atoms with Crippen molar-refractivity contribution < 1.29 is 14.3 Å². The quantitative estimate of drug-likeness (QED) is 0.761. The lowest BCUT2D eigenvalue weighted by Gasteiger charge is -2.12. The Morgan fingerprint density at radius 1 is 1.32 bits per heavy atom. The van der Waals surface area contributed by atoms with Crippen molar-refractivity contribution in [2.45, 2.75) is 12.5 Å². The van der Waals surface area contributed by atoms with Gasteiger partial charge in [0.05, 0.1) is 6.10 Å². The Labute approximate surface area is 128 Å². The lowest BCUT2D eigenvalue weighted by Crippen LogP contribution is -2.25. The first-order valence-electron chi connectivity index (χ1n) is 7.21. The zero-order valence-electron chi connectivity index (χ0n) is 12.3. The average Bonchev–Trinajstić information content (AvgIpc) is 3.12. The van der Waals surface area contributed by atoms with Gasteiger partial charge >= 0.3 is 0 Å². The maximum Gasteiger partial charge on any atom is 0.287 e. The predicted molar refractivity (Wildman–Crippen MR) is 83.5 cm³/mol. The summed E-state index contributed by atoms with van der Waals surface area (Å²) in [5.74, 6) is 0.0184. The second-order valence-electron chi connectivity index (χ2n) is 5.25. The molecule has 0 unspecified atom stereocenters. The summed E-state index contributed by atoms with van der Waals surface area (Å²) >= 11 is 0. The molecule has 0 fully saturated rings. The third-order valence-corrected chi connectivity index (χ3v) is 3.68. The number of fused-ring (bicyclic) bond motifs is 1. The van der Waals surface area contributed by atoms with E-state index in [0.717, 1.165) is 11.1 Å². The first kappa shape index (κ1) is 14.4. The summed E-state index contributed by atoms with van der Waals surface area (Å²) in [5.41, 5.74) is 1.52. The summed E-state index contributed by atoms with van der Waals surface area (Å²) in [6.07, 6.45) is 1.73. The first-order chi connectivity index (χ1) is 10.6. The highest BCUT2D eigenvalue weighted by atomic mass is 16.3. The van der Waals surface area contributed by atoms with E-state index >= 15 is 0 Å². The second-order valence-corrected chi connectivity index (χ2v) is 5.25. The van der Waals surface area contributed by atoms with Crippen molar-refractivity contribution >= 4 is 16.9 Å². The Bertz CT molecular complexity index is 755. The summed E-state index contributed by atoms with van der Waals surface area (Å²) in [6, 6.07) is 13.0. The molecule has 3 rings (SSSR count). The number of aryl methyl sites for hydroxylation is 1. The van der Waals surface area contributed by atoms with Crippen LogP contribution in [0, 0.1) is 0 Å². The topological polar surface area (TPSA) is 67.4 Å². The van der Waals surface area contributed by atoms with E-state index in [1.54, 1.807) is 6.07 Å². The van der Waals surface area contributed by atoms with Gasteiger partial charge in [-0.3, -0.25) is 4.79 Å². The van der Waals surface area contributed by atoms with E-state index in [-0.39, 0.29) is 11.7 Å². The predicted octanol–water partition coefficient (Wildman–Crippen LogP) is 2.62. The van der Waals surface area contributed by atoms with Gasteiger partial charge < -0.3 is 19.4 Å². The highest BCUT2D eigenvalue weighted by Crippen LogP contribution is 2.19. The molecule has 0 saturated carbocycles. The zero-order chi connectivity index (χ0) is 15.5. The Morgan fingerprint density at radius 3 is 2.86 bits per heavy atom. The minimum absolute atomic E-state index is 0.268. The molecule has 3 aromatic rings. The molecule has 0 aliphatic carbocycles. The van der Waals surface area contributed by atoms with Crippen LogP contribution in [0.1, 0.15) is 28.8 Å². The van der Waals surface area contributed by atoms with Gasteiger partial charge in [0.25, 0.3) is 5.91 Å². The Morgan fingerprint density at radius 2 is 2.14 bits per heavy atom. The van der Waals surface area contributed by atoms with Crippen LogP contribution in [0.15, 0.2) is 53.1 Å². The van der Waals surface area contributed by atoms with Gasteiger partial charge in [-0.2, -0.15) is 0 Å². The van der Waals surface area contributed by atoms with Crippen molar-refractivity contribution in [3.8, 4) is 0 Å². The summed E-state index contributed by atoms with van der Waals surface area (Å²) in [4.78, 5) is 12.1. The van der Waals surface area contributed by atoms with Crippen LogP contribution in [-0.4, -0.2) is 22.1 Å². The van der Waals surface area contributed by atoms with Crippen molar-refractivity contribution in [1.82, 2.24) is 9.88 Å². The molecule has 5 nitrogen and oxygen atoms in total. The number of carbonyl (C=O) groups excluding carboxylic acids is 1. The summed E-state index contributed by atoms with van der Waals surface area (Å²) < 4.78 is 7.37. The number of aromatic nitrogens is 1. The van der Waals surface area contributed by atoms with E-state index in [0.29, 0.717) is 18.5 Å². The third-order valence-electron chi connectivity index (χ3n) is 3.68. The molecule has 0 aliphatic rings. The second kappa shape index (κ2) is 6.07. The first-order valence-corrected chi connectivity index (χ1v) is 7.21. The average molecular weight is 298 g/mol. The van der Waals surface area contributed by atoms with Gasteiger partial charge in [0.2, 0.25) is 0 Å². The molecule has 22 heavy (non-hydrogen) atoms. The molecule has 0 spiro atoms. The summed E-state index contributed by atoms with van der Waals surface area (Å²) in [7, 11) is 1.88. The summed E-state index contributed by atoms with van der Waals surface area (Å²) in [5, 5.41) is 13.8. The highest BCUT2D eigenvalue weighted by Gasteiger charge is 2.14. The van der Waals surface area contributed by atoms with Crippen LogP contribution in [0.3, 0.4) is 0 Å². The molecule has 1 aromatic carbocycles. The molecular formula is C17H18N2O3. The number of nitrogens with one attached hydrogen (secondary N) is 1. The fraction of sp³-hybridized carbons (Fsp3) is 0.235. The number of nitrogens with zero attached hydrogens (tertiary/aromatic N) is 1. The smallest absolute Gasteiger partial charge is 0.287 e. The van der Waals surface area contributed by atoms with E-state index < -0.39 is 6.10 Å². The largest absolute Gasteiger partial charge is 0.451 e. The van der Waals surface area contributed by atoms with E-state index in [9.17, 15) is 9.90 Å². The van der Waals surface area contributed by atoms with Gasteiger partial charge in [-0.25, -0.2) is 0 Å². The van der Waals surface area contributed by atoms with E-state index in [2.05, 4.69) is 5.32 Å². The minimum atomic E-state index is -0.601. The van der Waals surface area contributed by atoms with E-state index in [1.165, 1.54) is 0 Å². The monoisotopic (exact) mass is 298 g/mol. The van der Waals surface area contributed by atoms with Crippen LogP contribution in [0.25, 0.3) is 11.0 Å². The fourth-order valence-electron chi connectivity index (χ4n) is 2.47. The van der Waals surface area contributed by atoms with Gasteiger partial charge in [-0.1, -0.05) is 18.2 Å². The van der Waals surface area contributed by atoms with Gasteiger partial charge in [0, 0.05) is 30.9 Å².